The Balaban J connectivity index is 1.72. The number of aromatic nitrogens is 4. The highest BCUT2D eigenvalue weighted by atomic mass is 35.5. The van der Waals surface area contributed by atoms with Gasteiger partial charge in [-0.1, -0.05) is 11.6 Å². The minimum absolute atomic E-state index is 0.0299. The predicted octanol–water partition coefficient (Wildman–Crippen LogP) is 1.93. The number of H-pyrrole nitrogens is 1. The summed E-state index contributed by atoms with van der Waals surface area (Å²) in [5.41, 5.74) is 1.21. The Kier molecular flexibility index (Phi) is 5.11. The molecule has 2 aromatic rings. The number of rotatable bonds is 5. The van der Waals surface area contributed by atoms with E-state index >= 15 is 0 Å². The van der Waals surface area contributed by atoms with E-state index in [1.807, 2.05) is 4.90 Å². The molecule has 1 amide bonds. The van der Waals surface area contributed by atoms with Gasteiger partial charge in [-0.05, 0) is 62.8 Å². The summed E-state index contributed by atoms with van der Waals surface area (Å²) in [6, 6.07) is 5.23. The molecule has 1 N–H and O–H groups in total. The highest BCUT2D eigenvalue weighted by Crippen LogP contribution is 2.27. The van der Waals surface area contributed by atoms with Crippen molar-refractivity contribution in [2.24, 2.45) is 5.92 Å². The number of aromatic amines is 1. The Labute approximate surface area is 146 Å². The van der Waals surface area contributed by atoms with Gasteiger partial charge in [0.2, 0.25) is 5.82 Å². The van der Waals surface area contributed by atoms with Gasteiger partial charge in [0, 0.05) is 18.7 Å². The fourth-order valence-electron chi connectivity index (χ4n) is 2.98. The van der Waals surface area contributed by atoms with Gasteiger partial charge in [-0.15, -0.1) is 10.2 Å². The molecule has 0 bridgehead atoms. The summed E-state index contributed by atoms with van der Waals surface area (Å²) in [6.07, 6.45) is 2.15. The maximum absolute atomic E-state index is 12.8. The fourth-order valence-corrected chi connectivity index (χ4v) is 3.17. The first-order valence-electron chi connectivity index (χ1n) is 8.02. The van der Waals surface area contributed by atoms with Gasteiger partial charge >= 0.3 is 0 Å². The first-order chi connectivity index (χ1) is 11.5. The Hall–Kier alpha value is -1.99. The van der Waals surface area contributed by atoms with Crippen LogP contribution in [0.5, 0.6) is 0 Å². The van der Waals surface area contributed by atoms with Crippen LogP contribution in [0.25, 0.3) is 11.4 Å². The summed E-state index contributed by atoms with van der Waals surface area (Å²) in [5.74, 6) is 0.971. The van der Waals surface area contributed by atoms with E-state index in [9.17, 15) is 4.79 Å². The smallest absolute Gasteiger partial charge is 0.255 e. The average Bonchev–Trinajstić information content (AvgIpc) is 3.24. The molecule has 7 nitrogen and oxygen atoms in total. The quantitative estimate of drug-likeness (QED) is 0.893. The first-order valence-corrected chi connectivity index (χ1v) is 8.39. The van der Waals surface area contributed by atoms with Gasteiger partial charge in [0.05, 0.1) is 10.6 Å². The molecule has 24 heavy (non-hydrogen) atoms. The molecule has 1 fully saturated rings. The largest absolute Gasteiger partial charge is 0.338 e. The van der Waals surface area contributed by atoms with E-state index in [0.717, 1.165) is 38.0 Å². The van der Waals surface area contributed by atoms with Gasteiger partial charge < -0.3 is 9.80 Å². The normalized spacial score (nSPS) is 17.7. The van der Waals surface area contributed by atoms with Gasteiger partial charge in [-0.3, -0.25) is 4.79 Å². The summed E-state index contributed by atoms with van der Waals surface area (Å²) in [6.45, 7) is 2.61. The minimum Gasteiger partial charge on any atom is -0.338 e. The van der Waals surface area contributed by atoms with E-state index < -0.39 is 0 Å². The number of hydrogen-bond donors (Lipinski definition) is 1. The van der Waals surface area contributed by atoms with Gasteiger partial charge in [0.25, 0.3) is 5.91 Å². The minimum atomic E-state index is -0.0299. The lowest BCUT2D eigenvalue weighted by Crippen LogP contribution is -2.29. The van der Waals surface area contributed by atoms with Crippen LogP contribution in [0.3, 0.4) is 0 Å². The van der Waals surface area contributed by atoms with E-state index in [1.54, 1.807) is 18.2 Å². The zero-order valence-corrected chi connectivity index (χ0v) is 14.6. The topological polar surface area (TPSA) is 78.0 Å². The van der Waals surface area contributed by atoms with E-state index in [0.29, 0.717) is 22.3 Å². The number of amides is 1. The monoisotopic (exact) mass is 348 g/mol. The van der Waals surface area contributed by atoms with Crippen LogP contribution in [-0.2, 0) is 0 Å². The molecular weight excluding hydrogens is 328 g/mol. The van der Waals surface area contributed by atoms with Crippen LogP contribution < -0.4 is 0 Å². The van der Waals surface area contributed by atoms with E-state index in [1.165, 1.54) is 0 Å². The van der Waals surface area contributed by atoms with Gasteiger partial charge in [-0.25, -0.2) is 0 Å². The maximum atomic E-state index is 12.8. The second kappa shape index (κ2) is 7.27. The van der Waals surface area contributed by atoms with Crippen LogP contribution in [0.15, 0.2) is 18.2 Å². The van der Waals surface area contributed by atoms with E-state index in [4.69, 9.17) is 11.6 Å². The molecule has 1 unspecified atom stereocenters. The lowest BCUT2D eigenvalue weighted by molar-refractivity contribution is 0.0786. The van der Waals surface area contributed by atoms with Crippen LogP contribution in [0.2, 0.25) is 5.02 Å². The average molecular weight is 349 g/mol. The van der Waals surface area contributed by atoms with Crippen molar-refractivity contribution in [3.63, 3.8) is 0 Å². The van der Waals surface area contributed by atoms with Crippen molar-refractivity contribution >= 4 is 17.5 Å². The third-order valence-electron chi connectivity index (χ3n) is 4.36. The number of likely N-dealkylation sites (tertiary alicyclic amines) is 1. The zero-order valence-electron chi connectivity index (χ0n) is 13.9. The van der Waals surface area contributed by atoms with Crippen LogP contribution in [0, 0.1) is 5.92 Å². The van der Waals surface area contributed by atoms with Crippen molar-refractivity contribution in [1.82, 2.24) is 30.4 Å². The lowest BCUT2D eigenvalue weighted by Gasteiger charge is -2.18. The first kappa shape index (κ1) is 16.9. The number of carbonyl (C=O) groups is 1. The molecule has 0 spiro atoms. The number of benzene rings is 1. The highest BCUT2D eigenvalue weighted by molar-refractivity contribution is 6.34. The fraction of sp³-hybridized carbons (Fsp3) is 0.500. The third kappa shape index (κ3) is 3.73. The number of nitrogens with one attached hydrogen (secondary N) is 1. The van der Waals surface area contributed by atoms with Crippen molar-refractivity contribution in [2.45, 2.75) is 12.8 Å². The Morgan fingerprint density at radius 2 is 2.29 bits per heavy atom. The molecule has 1 atom stereocenters. The van der Waals surface area contributed by atoms with Crippen LogP contribution in [0.1, 0.15) is 23.2 Å². The summed E-state index contributed by atoms with van der Waals surface area (Å²) in [4.78, 5) is 16.9. The molecular formula is C16H21ClN6O. The van der Waals surface area contributed by atoms with E-state index in [2.05, 4.69) is 39.6 Å². The van der Waals surface area contributed by atoms with Crippen LogP contribution in [-0.4, -0.2) is 70.1 Å². The maximum Gasteiger partial charge on any atom is 0.255 e. The SMILES string of the molecule is CN(C)CCC1CCN(C(=O)c2cc(-c3nn[nH]n3)ccc2Cl)C1. The zero-order chi connectivity index (χ0) is 17.1. The predicted molar refractivity (Wildman–Crippen MR) is 91.8 cm³/mol. The summed E-state index contributed by atoms with van der Waals surface area (Å²) in [5, 5.41) is 14.3. The molecule has 1 aromatic heterocycles. The molecule has 1 aromatic carbocycles. The van der Waals surface area contributed by atoms with E-state index in [-0.39, 0.29) is 5.91 Å². The molecule has 0 radical (unpaired) electrons. The highest BCUT2D eigenvalue weighted by Gasteiger charge is 2.28. The number of carbonyl (C=O) groups excluding carboxylic acids is 1. The summed E-state index contributed by atoms with van der Waals surface area (Å²) < 4.78 is 0. The Morgan fingerprint density at radius 1 is 1.46 bits per heavy atom. The summed E-state index contributed by atoms with van der Waals surface area (Å²) >= 11 is 6.25. The molecule has 1 aliphatic heterocycles. The standard InChI is InChI=1S/C16H21ClN6O/c1-22(2)7-5-11-6-8-23(10-11)16(24)13-9-12(3-4-14(13)17)15-18-20-21-19-15/h3-4,9,11H,5-8,10H2,1-2H3,(H,18,19,20,21). The Bertz CT molecular complexity index is 703. The molecule has 8 heteroatoms. The molecule has 3 rings (SSSR count). The number of halogens is 1. The van der Waals surface area contributed by atoms with Gasteiger partial charge in [-0.2, -0.15) is 5.21 Å². The van der Waals surface area contributed by atoms with Crippen LogP contribution >= 0.6 is 11.6 Å². The third-order valence-corrected chi connectivity index (χ3v) is 4.69. The molecule has 0 saturated carbocycles. The molecule has 0 aliphatic carbocycles. The lowest BCUT2D eigenvalue weighted by atomic mass is 10.1. The van der Waals surface area contributed by atoms with Crippen molar-refractivity contribution in [3.8, 4) is 11.4 Å². The molecule has 2 heterocycles. The summed E-state index contributed by atoms with van der Waals surface area (Å²) in [7, 11) is 4.14. The van der Waals surface area contributed by atoms with Crippen molar-refractivity contribution in [1.29, 1.82) is 0 Å². The molecule has 1 saturated heterocycles. The number of tetrazole rings is 1. The molecule has 1 aliphatic rings. The second-order valence-electron chi connectivity index (χ2n) is 6.43. The molecule has 128 valence electrons. The Morgan fingerprint density at radius 3 is 3.00 bits per heavy atom. The van der Waals surface area contributed by atoms with Crippen molar-refractivity contribution in [3.05, 3.63) is 28.8 Å². The van der Waals surface area contributed by atoms with Crippen LogP contribution in [0.4, 0.5) is 0 Å². The van der Waals surface area contributed by atoms with Gasteiger partial charge in [0.1, 0.15) is 0 Å². The second-order valence-corrected chi connectivity index (χ2v) is 6.84. The van der Waals surface area contributed by atoms with Gasteiger partial charge in [0.15, 0.2) is 0 Å². The van der Waals surface area contributed by atoms with Crippen molar-refractivity contribution < 1.29 is 4.79 Å². The number of hydrogen-bond acceptors (Lipinski definition) is 5. The number of nitrogens with zero attached hydrogens (tertiary/aromatic N) is 5. The van der Waals surface area contributed by atoms with Crippen molar-refractivity contribution in [2.75, 3.05) is 33.7 Å².